The first-order valence-electron chi connectivity index (χ1n) is 13.8. The van der Waals surface area contributed by atoms with Crippen molar-refractivity contribution >= 4 is 23.1 Å². The zero-order valence-electron chi connectivity index (χ0n) is 23.3. The largest absolute Gasteiger partial charge is 0.480 e. The van der Waals surface area contributed by atoms with Crippen molar-refractivity contribution in [2.24, 2.45) is 11.8 Å². The molecule has 3 fully saturated rings. The van der Waals surface area contributed by atoms with Gasteiger partial charge in [-0.05, 0) is 17.7 Å². The number of carbonyl (C=O) groups excluding carboxylic acids is 2. The Morgan fingerprint density at radius 2 is 1.86 bits per heavy atom. The van der Waals surface area contributed by atoms with Crippen molar-refractivity contribution in [2.45, 2.75) is 43.7 Å². The summed E-state index contributed by atoms with van der Waals surface area (Å²) in [6.07, 6.45) is -4.44. The third-order valence-electron chi connectivity index (χ3n) is 8.38. The number of rotatable bonds is 7. The van der Waals surface area contributed by atoms with Crippen LogP contribution in [0.4, 0.5) is 32.2 Å². The molecule has 6 rings (SSSR count). The van der Waals surface area contributed by atoms with E-state index in [1.165, 1.54) is 30.2 Å². The molecule has 3 aromatic rings. The molecule has 1 saturated carbocycles. The van der Waals surface area contributed by atoms with E-state index in [1.807, 2.05) is 0 Å². The van der Waals surface area contributed by atoms with Gasteiger partial charge >= 0.3 is 6.18 Å². The minimum absolute atomic E-state index is 0.0603. The quantitative estimate of drug-likeness (QED) is 0.383. The van der Waals surface area contributed by atoms with E-state index < -0.39 is 60.8 Å². The normalized spacial score (nSPS) is 22.6. The van der Waals surface area contributed by atoms with Crippen LogP contribution < -0.4 is 15.8 Å². The molecular weight excluding hydrogens is 598 g/mol. The predicted molar refractivity (Wildman–Crippen MR) is 142 cm³/mol. The number of nitrogen functional groups attached to an aromatic ring is 1. The predicted octanol–water partition coefficient (Wildman–Crippen LogP) is 2.70. The van der Waals surface area contributed by atoms with Gasteiger partial charge in [0, 0.05) is 56.7 Å². The second-order valence-corrected chi connectivity index (χ2v) is 11.5. The molecule has 236 valence electrons. The van der Waals surface area contributed by atoms with Gasteiger partial charge in [0.05, 0.1) is 31.3 Å². The number of halogens is 6. The van der Waals surface area contributed by atoms with Crippen LogP contribution in [-0.2, 0) is 11.3 Å². The summed E-state index contributed by atoms with van der Waals surface area (Å²) in [4.78, 5) is 36.9. The first-order valence-corrected chi connectivity index (χ1v) is 13.8. The van der Waals surface area contributed by atoms with Gasteiger partial charge in [-0.15, -0.1) is 0 Å². The van der Waals surface area contributed by atoms with Crippen LogP contribution in [0.25, 0.3) is 16.8 Å². The zero-order valence-corrected chi connectivity index (χ0v) is 23.3. The average molecular weight is 627 g/mol. The van der Waals surface area contributed by atoms with Crippen LogP contribution in [0, 0.1) is 11.8 Å². The molecule has 0 aromatic carbocycles. The lowest BCUT2D eigenvalue weighted by Crippen LogP contribution is -2.52. The fourth-order valence-corrected chi connectivity index (χ4v) is 5.96. The number of amides is 2. The summed E-state index contributed by atoms with van der Waals surface area (Å²) < 4.78 is 87.1. The molecule has 2 aliphatic heterocycles. The van der Waals surface area contributed by atoms with Crippen LogP contribution in [0.3, 0.4) is 0 Å². The molecule has 0 radical (unpaired) electrons. The molecule has 5 heterocycles. The maximum absolute atomic E-state index is 14.9. The third kappa shape index (κ3) is 5.48. The van der Waals surface area contributed by atoms with Crippen molar-refractivity contribution in [1.82, 2.24) is 34.7 Å². The van der Waals surface area contributed by atoms with E-state index in [4.69, 9.17) is 10.5 Å². The molecule has 1 aliphatic carbocycles. The van der Waals surface area contributed by atoms with Crippen LogP contribution in [-0.4, -0.2) is 98.8 Å². The Morgan fingerprint density at radius 1 is 1.14 bits per heavy atom. The Morgan fingerprint density at radius 3 is 2.52 bits per heavy atom. The molecule has 0 bridgehead atoms. The van der Waals surface area contributed by atoms with Gasteiger partial charge in [0.25, 0.3) is 5.91 Å². The van der Waals surface area contributed by atoms with Crippen molar-refractivity contribution in [2.75, 3.05) is 39.0 Å². The maximum Gasteiger partial charge on any atom is 0.394 e. The van der Waals surface area contributed by atoms with Gasteiger partial charge in [-0.3, -0.25) is 14.5 Å². The van der Waals surface area contributed by atoms with Gasteiger partial charge in [0.2, 0.25) is 17.7 Å². The first-order chi connectivity index (χ1) is 20.7. The number of likely N-dealkylation sites (tertiary alicyclic amines) is 2. The highest BCUT2D eigenvalue weighted by molar-refractivity contribution is 5.98. The van der Waals surface area contributed by atoms with Gasteiger partial charge in [0.1, 0.15) is 23.6 Å². The fourth-order valence-electron chi connectivity index (χ4n) is 5.96. The summed E-state index contributed by atoms with van der Waals surface area (Å²) >= 11 is 0. The standard InChI is InChI=1S/C27H28F6N8O3/c1-44-24-17(23(42)38-19-11-40(10-18(19)28)25(43)15-4-26(29,30)5-15)2-13(6-35-24)20-3-14(21-22(34)36-12-37-41(20)21)7-39-8-16(9-39)27(31,32)33/h2-3,6,12,15-16,18-19H,4-5,7-11H2,1H3,(H,38,42)(H2,34,36,37)/t18-,19+/m0/s1. The van der Waals surface area contributed by atoms with Gasteiger partial charge in [-0.2, -0.15) is 18.3 Å². The molecule has 2 saturated heterocycles. The minimum Gasteiger partial charge on any atom is -0.480 e. The van der Waals surface area contributed by atoms with Crippen LogP contribution in [0.1, 0.15) is 28.8 Å². The number of anilines is 1. The van der Waals surface area contributed by atoms with Gasteiger partial charge in [0.15, 0.2) is 5.82 Å². The summed E-state index contributed by atoms with van der Waals surface area (Å²) in [5.74, 6) is -6.46. The monoisotopic (exact) mass is 626 g/mol. The summed E-state index contributed by atoms with van der Waals surface area (Å²) in [5, 5.41) is 6.80. The number of aromatic nitrogens is 4. The maximum atomic E-state index is 14.9. The molecule has 3 N–H and O–H groups in total. The Labute approximate surface area is 246 Å². The molecule has 0 spiro atoms. The van der Waals surface area contributed by atoms with E-state index in [1.54, 1.807) is 11.0 Å². The highest BCUT2D eigenvalue weighted by Gasteiger charge is 2.51. The SMILES string of the molecule is COc1ncc(-c2cc(CN3CC(C(F)(F)F)C3)c3c(N)ncnn23)cc1C(=O)N[C@@H]1CN(C(=O)C2CC(F)(F)C2)C[C@@H]1F. The Bertz CT molecular complexity index is 1600. The van der Waals surface area contributed by atoms with Crippen LogP contribution >= 0.6 is 0 Å². The Hall–Kier alpha value is -4.15. The van der Waals surface area contributed by atoms with E-state index in [-0.39, 0.29) is 50.0 Å². The third-order valence-corrected chi connectivity index (χ3v) is 8.38. The van der Waals surface area contributed by atoms with Crippen LogP contribution in [0.15, 0.2) is 24.7 Å². The number of hydrogen-bond donors (Lipinski definition) is 2. The van der Waals surface area contributed by atoms with Crippen molar-refractivity contribution < 1.29 is 40.7 Å². The molecule has 2 atom stereocenters. The Kier molecular flexibility index (Phi) is 7.33. The van der Waals surface area contributed by atoms with Gasteiger partial charge in [-0.25, -0.2) is 27.7 Å². The number of nitrogens with two attached hydrogens (primary N) is 1. The highest BCUT2D eigenvalue weighted by atomic mass is 19.4. The summed E-state index contributed by atoms with van der Waals surface area (Å²) in [6, 6.07) is 2.02. The fraction of sp³-hybridized carbons (Fsp3) is 0.519. The minimum atomic E-state index is -4.28. The van der Waals surface area contributed by atoms with Crippen molar-refractivity contribution in [3.63, 3.8) is 0 Å². The molecule has 0 unspecified atom stereocenters. The first kappa shape index (κ1) is 29.9. The van der Waals surface area contributed by atoms with Crippen LogP contribution in [0.2, 0.25) is 0 Å². The van der Waals surface area contributed by atoms with E-state index >= 15 is 0 Å². The molecule has 17 heteroatoms. The summed E-state index contributed by atoms with van der Waals surface area (Å²) in [5.41, 5.74) is 7.80. The second-order valence-electron chi connectivity index (χ2n) is 11.5. The molecule has 3 aliphatic rings. The average Bonchev–Trinajstić information content (AvgIpc) is 3.48. The molecule has 2 amide bonds. The summed E-state index contributed by atoms with van der Waals surface area (Å²) in [6.45, 7) is -0.687. The number of ether oxygens (including phenoxy) is 1. The van der Waals surface area contributed by atoms with E-state index in [9.17, 15) is 35.9 Å². The molecule has 11 nitrogen and oxygen atoms in total. The number of alkyl halides is 6. The number of hydrogen-bond acceptors (Lipinski definition) is 8. The topological polar surface area (TPSA) is 131 Å². The number of carbonyl (C=O) groups is 2. The molecular formula is C27H28F6N8O3. The lowest BCUT2D eigenvalue weighted by atomic mass is 9.80. The summed E-state index contributed by atoms with van der Waals surface area (Å²) in [7, 11) is 1.29. The number of pyridine rings is 1. The van der Waals surface area contributed by atoms with Crippen molar-refractivity contribution in [3.05, 3.63) is 35.8 Å². The van der Waals surface area contributed by atoms with E-state index in [0.717, 1.165) is 4.90 Å². The van der Waals surface area contributed by atoms with Crippen molar-refractivity contribution in [1.29, 1.82) is 0 Å². The second kappa shape index (κ2) is 10.8. The molecule has 3 aromatic heterocycles. The Balaban J connectivity index is 1.22. The van der Waals surface area contributed by atoms with Crippen molar-refractivity contribution in [3.8, 4) is 17.1 Å². The van der Waals surface area contributed by atoms with Gasteiger partial charge in [-0.1, -0.05) is 0 Å². The van der Waals surface area contributed by atoms with Crippen LogP contribution in [0.5, 0.6) is 5.88 Å². The number of nitrogens with one attached hydrogen (secondary N) is 1. The lowest BCUT2D eigenvalue weighted by molar-refractivity contribution is -0.210. The highest BCUT2D eigenvalue weighted by Crippen LogP contribution is 2.43. The van der Waals surface area contributed by atoms with E-state index in [2.05, 4.69) is 20.4 Å². The number of fused-ring (bicyclic) bond motifs is 1. The van der Waals surface area contributed by atoms with E-state index in [0.29, 0.717) is 22.3 Å². The smallest absolute Gasteiger partial charge is 0.394 e. The zero-order chi connectivity index (χ0) is 31.6. The lowest BCUT2D eigenvalue weighted by Gasteiger charge is -2.39. The van der Waals surface area contributed by atoms with Gasteiger partial charge < -0.3 is 20.7 Å². The number of nitrogens with zero attached hydrogens (tertiary/aromatic N) is 6. The number of methoxy groups -OCH3 is 1. The molecule has 44 heavy (non-hydrogen) atoms.